The molecule has 0 aliphatic rings. The summed E-state index contributed by atoms with van der Waals surface area (Å²) in [5.41, 5.74) is 4.77. The number of phenols is 1. The number of nitrogens with zero attached hydrogens (tertiary/aromatic N) is 3. The van der Waals surface area contributed by atoms with Gasteiger partial charge in [0.2, 0.25) is 0 Å². The highest BCUT2D eigenvalue weighted by molar-refractivity contribution is 6.31. The minimum Gasteiger partial charge on any atom is -0.507 e. The Morgan fingerprint density at radius 3 is 2.47 bits per heavy atom. The molecule has 0 bridgehead atoms. The molecule has 5 rings (SSSR count). The van der Waals surface area contributed by atoms with Crippen LogP contribution < -0.4 is 0 Å². The van der Waals surface area contributed by atoms with Crippen LogP contribution >= 0.6 is 11.6 Å². The molecule has 5 aromatic rings. The van der Waals surface area contributed by atoms with E-state index < -0.39 is 0 Å². The largest absolute Gasteiger partial charge is 0.507 e. The fourth-order valence-corrected chi connectivity index (χ4v) is 3.82. The highest BCUT2D eigenvalue weighted by Crippen LogP contribution is 2.31. The zero-order valence-electron chi connectivity index (χ0n) is 17.2. The summed E-state index contributed by atoms with van der Waals surface area (Å²) in [5, 5.41) is 16.1. The van der Waals surface area contributed by atoms with Crippen molar-refractivity contribution in [3.8, 4) is 22.7 Å². The lowest BCUT2D eigenvalue weighted by molar-refractivity contribution is 0.103. The molecule has 32 heavy (non-hydrogen) atoms. The van der Waals surface area contributed by atoms with E-state index in [1.54, 1.807) is 10.7 Å². The van der Waals surface area contributed by atoms with Crippen LogP contribution in [0.25, 0.3) is 28.0 Å². The molecule has 2 heterocycles. The van der Waals surface area contributed by atoms with Gasteiger partial charge in [0.15, 0.2) is 11.4 Å². The highest BCUT2D eigenvalue weighted by atomic mass is 35.5. The van der Waals surface area contributed by atoms with Crippen LogP contribution in [0.15, 0.2) is 85.1 Å². The third kappa shape index (κ3) is 3.53. The van der Waals surface area contributed by atoms with E-state index in [1.807, 2.05) is 61.5 Å². The first-order valence-corrected chi connectivity index (χ1v) is 10.4. The number of pyridine rings is 1. The van der Waals surface area contributed by atoms with Gasteiger partial charge in [-0.05, 0) is 43.3 Å². The summed E-state index contributed by atoms with van der Waals surface area (Å²) in [4.78, 5) is 17.7. The first-order valence-electron chi connectivity index (χ1n) is 10.1. The van der Waals surface area contributed by atoms with Crippen molar-refractivity contribution >= 4 is 28.4 Å². The minimum absolute atomic E-state index is 0.127. The van der Waals surface area contributed by atoms with Crippen LogP contribution in [-0.4, -0.2) is 25.7 Å². The molecule has 2 aromatic heterocycles. The van der Waals surface area contributed by atoms with E-state index in [4.69, 9.17) is 16.7 Å². The average molecular weight is 440 g/mol. The van der Waals surface area contributed by atoms with Crippen molar-refractivity contribution in [3.05, 3.63) is 107 Å². The monoisotopic (exact) mass is 439 g/mol. The normalized spacial score (nSPS) is 11.1. The van der Waals surface area contributed by atoms with E-state index in [-0.39, 0.29) is 17.1 Å². The van der Waals surface area contributed by atoms with E-state index in [2.05, 4.69) is 4.98 Å². The number of hydrogen-bond donors (Lipinski definition) is 1. The maximum atomic E-state index is 13.1. The molecular formula is C26H18ClN3O2. The van der Waals surface area contributed by atoms with Gasteiger partial charge in [0.25, 0.3) is 0 Å². The van der Waals surface area contributed by atoms with Crippen molar-refractivity contribution in [2.24, 2.45) is 0 Å². The second-order valence-corrected chi connectivity index (χ2v) is 7.98. The first-order chi connectivity index (χ1) is 15.5. The Balaban J connectivity index is 1.72. The Labute approximate surface area is 189 Å². The number of aromatic hydroxyl groups is 1. The number of aromatic nitrogens is 3. The number of carbonyl (C=O) groups excluding carboxylic acids is 1. The second-order valence-electron chi connectivity index (χ2n) is 7.55. The summed E-state index contributed by atoms with van der Waals surface area (Å²) in [6, 6.07) is 24.0. The summed E-state index contributed by atoms with van der Waals surface area (Å²) in [7, 11) is 0. The van der Waals surface area contributed by atoms with Gasteiger partial charge in [-0.1, -0.05) is 59.6 Å². The predicted octanol–water partition coefficient (Wildman–Crippen LogP) is 5.99. The lowest BCUT2D eigenvalue weighted by Gasteiger charge is -2.06. The predicted molar refractivity (Wildman–Crippen MR) is 126 cm³/mol. The van der Waals surface area contributed by atoms with Crippen molar-refractivity contribution in [1.82, 2.24) is 14.8 Å². The second kappa shape index (κ2) is 7.94. The molecule has 1 N–H and O–H groups in total. The van der Waals surface area contributed by atoms with E-state index in [9.17, 15) is 9.90 Å². The van der Waals surface area contributed by atoms with Gasteiger partial charge >= 0.3 is 0 Å². The quantitative estimate of drug-likeness (QED) is 0.349. The van der Waals surface area contributed by atoms with Crippen molar-refractivity contribution < 1.29 is 9.90 Å². The Morgan fingerprint density at radius 2 is 1.72 bits per heavy atom. The van der Waals surface area contributed by atoms with Gasteiger partial charge in [0, 0.05) is 27.7 Å². The van der Waals surface area contributed by atoms with Crippen molar-refractivity contribution in [2.45, 2.75) is 6.92 Å². The molecule has 3 aromatic carbocycles. The van der Waals surface area contributed by atoms with Crippen molar-refractivity contribution in [1.29, 1.82) is 0 Å². The van der Waals surface area contributed by atoms with Gasteiger partial charge < -0.3 is 5.11 Å². The summed E-state index contributed by atoms with van der Waals surface area (Å²) in [6.45, 7) is 2.03. The molecule has 0 spiro atoms. The zero-order chi connectivity index (χ0) is 22.2. The molecule has 0 aliphatic heterocycles. The molecule has 0 fully saturated rings. The first kappa shape index (κ1) is 20.0. The Kier molecular flexibility index (Phi) is 4.96. The van der Waals surface area contributed by atoms with Crippen LogP contribution in [0.4, 0.5) is 0 Å². The zero-order valence-corrected chi connectivity index (χ0v) is 17.9. The maximum absolute atomic E-state index is 13.1. The Hall–Kier alpha value is -3.96. The molecule has 6 heteroatoms. The number of hydrogen-bond acceptors (Lipinski definition) is 4. The molecule has 5 nitrogen and oxygen atoms in total. The van der Waals surface area contributed by atoms with Gasteiger partial charge in [0.05, 0.1) is 11.3 Å². The summed E-state index contributed by atoms with van der Waals surface area (Å²) in [5.74, 6) is -0.486. The average Bonchev–Trinajstić information content (AvgIpc) is 3.20. The molecule has 0 amide bonds. The lowest BCUT2D eigenvalue weighted by Crippen LogP contribution is -2.03. The van der Waals surface area contributed by atoms with Crippen LogP contribution in [0.5, 0.6) is 5.75 Å². The standard InChI is InChI=1S/C26H18ClN3O2/c1-16-7-9-17(10-8-16)24-22-13-18(25(32)21-14-19(27)11-12-23(21)31)15-28-26(22)30(29-24)20-5-3-2-4-6-20/h2-15,31H,1H3. The van der Waals surface area contributed by atoms with Gasteiger partial charge in [0.1, 0.15) is 11.4 Å². The van der Waals surface area contributed by atoms with Gasteiger partial charge in [-0.25, -0.2) is 9.67 Å². The summed E-state index contributed by atoms with van der Waals surface area (Å²) in [6.07, 6.45) is 1.51. The fourth-order valence-electron chi connectivity index (χ4n) is 3.65. The number of carbonyl (C=O) groups is 1. The van der Waals surface area contributed by atoms with Crippen LogP contribution in [-0.2, 0) is 0 Å². The van der Waals surface area contributed by atoms with E-state index in [1.165, 1.54) is 24.4 Å². The van der Waals surface area contributed by atoms with Crippen LogP contribution in [0, 0.1) is 6.92 Å². The maximum Gasteiger partial charge on any atom is 0.198 e. The van der Waals surface area contributed by atoms with Gasteiger partial charge in [-0.15, -0.1) is 0 Å². The topological polar surface area (TPSA) is 68.0 Å². The Morgan fingerprint density at radius 1 is 0.969 bits per heavy atom. The highest BCUT2D eigenvalue weighted by Gasteiger charge is 2.20. The molecule has 0 aliphatic carbocycles. The van der Waals surface area contributed by atoms with Crippen LogP contribution in [0.2, 0.25) is 5.02 Å². The fraction of sp³-hybridized carbons (Fsp3) is 0.0385. The number of phenolic OH excluding ortho intramolecular Hbond substituents is 1. The third-order valence-corrected chi connectivity index (χ3v) is 5.55. The molecular weight excluding hydrogens is 422 g/mol. The SMILES string of the molecule is Cc1ccc(-c2nn(-c3ccccc3)c3ncc(C(=O)c4cc(Cl)ccc4O)cc23)cc1. The van der Waals surface area contributed by atoms with Gasteiger partial charge in [-0.3, -0.25) is 4.79 Å². The number of halogens is 1. The van der Waals surface area contributed by atoms with Crippen molar-refractivity contribution in [3.63, 3.8) is 0 Å². The number of ketones is 1. The third-order valence-electron chi connectivity index (χ3n) is 5.31. The number of para-hydroxylation sites is 1. The van der Waals surface area contributed by atoms with Crippen molar-refractivity contribution in [2.75, 3.05) is 0 Å². The van der Waals surface area contributed by atoms with Crippen LogP contribution in [0.1, 0.15) is 21.5 Å². The van der Waals surface area contributed by atoms with Gasteiger partial charge in [-0.2, -0.15) is 5.10 Å². The number of fused-ring (bicyclic) bond motifs is 1. The van der Waals surface area contributed by atoms with E-state index in [0.717, 1.165) is 27.9 Å². The van der Waals surface area contributed by atoms with Crippen LogP contribution in [0.3, 0.4) is 0 Å². The summed E-state index contributed by atoms with van der Waals surface area (Å²) < 4.78 is 1.77. The smallest absolute Gasteiger partial charge is 0.198 e. The number of rotatable bonds is 4. The summed E-state index contributed by atoms with van der Waals surface area (Å²) >= 11 is 6.04. The Bertz CT molecular complexity index is 1460. The molecule has 156 valence electrons. The van der Waals surface area contributed by atoms with E-state index >= 15 is 0 Å². The molecule has 0 radical (unpaired) electrons. The number of benzene rings is 3. The molecule has 0 unspecified atom stereocenters. The molecule has 0 atom stereocenters. The van der Waals surface area contributed by atoms with E-state index in [0.29, 0.717) is 16.2 Å². The number of aryl methyl sites for hydroxylation is 1. The molecule has 0 saturated heterocycles. The molecule has 0 saturated carbocycles. The minimum atomic E-state index is -0.360. The lowest BCUT2D eigenvalue weighted by atomic mass is 10.0.